The Morgan fingerprint density at radius 2 is 1.26 bits per heavy atom. The third-order valence-corrected chi connectivity index (χ3v) is 9.59. The second kappa shape index (κ2) is 11.1. The Morgan fingerprint density at radius 1 is 0.535 bits per heavy atom. The molecule has 3 N–H and O–H groups in total. The standard InChI is InChI=1S/C39H31N3S/c1-2-9-26(10-3-1)29-11-8-12-31(23-29)35-25-36(34-14-6-7-22-40-34)42-39(41-35)28-18-16-27(17-19-28)30-20-21-38-33(24-30)32-13-4-5-15-37(32)43-38/h1-25,34,36,39-42H. The molecule has 3 atom stereocenters. The van der Waals surface area contributed by atoms with Crippen LogP contribution in [0.2, 0.25) is 0 Å². The van der Waals surface area contributed by atoms with E-state index < -0.39 is 0 Å². The van der Waals surface area contributed by atoms with Crippen molar-refractivity contribution in [1.82, 2.24) is 16.0 Å². The highest BCUT2D eigenvalue weighted by molar-refractivity contribution is 7.25. The molecule has 0 amide bonds. The van der Waals surface area contributed by atoms with Gasteiger partial charge in [0, 0.05) is 25.9 Å². The number of hydrogen-bond acceptors (Lipinski definition) is 4. The van der Waals surface area contributed by atoms with E-state index in [1.54, 1.807) is 0 Å². The highest BCUT2D eigenvalue weighted by Gasteiger charge is 2.27. The van der Waals surface area contributed by atoms with Crippen molar-refractivity contribution < 1.29 is 0 Å². The van der Waals surface area contributed by atoms with E-state index in [-0.39, 0.29) is 18.2 Å². The van der Waals surface area contributed by atoms with Crippen LogP contribution < -0.4 is 16.0 Å². The summed E-state index contributed by atoms with van der Waals surface area (Å²) < 4.78 is 2.67. The fraction of sp³-hybridized carbons (Fsp3) is 0.0769. The Labute approximate surface area is 255 Å². The Kier molecular flexibility index (Phi) is 6.63. The van der Waals surface area contributed by atoms with Gasteiger partial charge in [0.1, 0.15) is 6.17 Å². The quantitative estimate of drug-likeness (QED) is 0.193. The van der Waals surface area contributed by atoms with Gasteiger partial charge in [-0.25, -0.2) is 0 Å². The highest BCUT2D eigenvalue weighted by Crippen LogP contribution is 2.36. The van der Waals surface area contributed by atoms with Crippen molar-refractivity contribution in [3.8, 4) is 22.3 Å². The highest BCUT2D eigenvalue weighted by atomic mass is 32.1. The zero-order valence-electron chi connectivity index (χ0n) is 23.6. The molecule has 0 aliphatic carbocycles. The molecule has 0 saturated heterocycles. The molecule has 2 aliphatic heterocycles. The van der Waals surface area contributed by atoms with E-state index in [0.29, 0.717) is 0 Å². The molecule has 0 radical (unpaired) electrons. The normalized spacial score (nSPS) is 19.6. The van der Waals surface area contributed by atoms with Crippen molar-refractivity contribution in [1.29, 1.82) is 0 Å². The van der Waals surface area contributed by atoms with Gasteiger partial charge in [-0.3, -0.25) is 5.32 Å². The molecule has 6 aromatic rings. The monoisotopic (exact) mass is 573 g/mol. The fourth-order valence-corrected chi connectivity index (χ4v) is 7.27. The van der Waals surface area contributed by atoms with Crippen molar-refractivity contribution in [2.75, 3.05) is 0 Å². The molecule has 3 unspecified atom stereocenters. The number of allylic oxidation sites excluding steroid dienone is 2. The van der Waals surface area contributed by atoms with Crippen LogP contribution >= 0.6 is 11.3 Å². The lowest BCUT2D eigenvalue weighted by atomic mass is 9.95. The predicted molar refractivity (Wildman–Crippen MR) is 183 cm³/mol. The minimum atomic E-state index is -0.0381. The summed E-state index contributed by atoms with van der Waals surface area (Å²) in [6.07, 6.45) is 10.7. The molecule has 2 aliphatic rings. The fourth-order valence-electron chi connectivity index (χ4n) is 6.19. The van der Waals surface area contributed by atoms with Crippen LogP contribution in [0.4, 0.5) is 0 Å². The van der Waals surface area contributed by atoms with Gasteiger partial charge in [0.05, 0.1) is 12.1 Å². The molecular weight excluding hydrogens is 543 g/mol. The third-order valence-electron chi connectivity index (χ3n) is 8.44. The van der Waals surface area contributed by atoms with Crippen LogP contribution in [0.3, 0.4) is 0 Å². The van der Waals surface area contributed by atoms with Gasteiger partial charge in [0.25, 0.3) is 0 Å². The number of hydrogen-bond donors (Lipinski definition) is 3. The van der Waals surface area contributed by atoms with Crippen molar-refractivity contribution in [2.45, 2.75) is 18.2 Å². The largest absolute Gasteiger partial charge is 0.383 e. The van der Waals surface area contributed by atoms with E-state index in [9.17, 15) is 0 Å². The molecule has 0 saturated carbocycles. The van der Waals surface area contributed by atoms with Crippen LogP contribution in [0.1, 0.15) is 17.3 Å². The molecule has 3 nitrogen and oxygen atoms in total. The van der Waals surface area contributed by atoms with E-state index >= 15 is 0 Å². The van der Waals surface area contributed by atoms with E-state index in [1.807, 2.05) is 23.6 Å². The second-order valence-electron chi connectivity index (χ2n) is 11.2. The van der Waals surface area contributed by atoms with Gasteiger partial charge in [-0.1, -0.05) is 109 Å². The van der Waals surface area contributed by atoms with E-state index in [0.717, 1.165) is 5.70 Å². The Balaban J connectivity index is 1.11. The van der Waals surface area contributed by atoms with Crippen LogP contribution in [-0.4, -0.2) is 12.1 Å². The van der Waals surface area contributed by atoms with Gasteiger partial charge >= 0.3 is 0 Å². The van der Waals surface area contributed by atoms with Crippen molar-refractivity contribution in [3.05, 3.63) is 163 Å². The molecule has 0 fully saturated rings. The summed E-state index contributed by atoms with van der Waals surface area (Å²) in [5.41, 5.74) is 8.42. The number of fused-ring (bicyclic) bond motifs is 3. The molecule has 43 heavy (non-hydrogen) atoms. The Hall–Kier alpha value is -4.90. The van der Waals surface area contributed by atoms with E-state index in [2.05, 4.69) is 156 Å². The van der Waals surface area contributed by atoms with E-state index in [1.165, 1.54) is 53.6 Å². The molecule has 208 valence electrons. The smallest absolute Gasteiger partial charge is 0.104 e. The average Bonchev–Trinajstić information content (AvgIpc) is 3.47. The molecule has 5 aromatic carbocycles. The number of thiophene rings is 1. The lowest BCUT2D eigenvalue weighted by Crippen LogP contribution is -2.52. The van der Waals surface area contributed by atoms with Crippen molar-refractivity contribution >= 4 is 37.2 Å². The van der Waals surface area contributed by atoms with Gasteiger partial charge < -0.3 is 10.6 Å². The van der Waals surface area contributed by atoms with Crippen molar-refractivity contribution in [2.24, 2.45) is 0 Å². The number of rotatable bonds is 5. The van der Waals surface area contributed by atoms with Crippen LogP contribution in [0.25, 0.3) is 48.1 Å². The topological polar surface area (TPSA) is 36.1 Å². The first kappa shape index (κ1) is 25.8. The summed E-state index contributed by atoms with van der Waals surface area (Å²) in [6, 6.07) is 44.2. The summed E-state index contributed by atoms with van der Waals surface area (Å²) in [5.74, 6) is 0. The minimum Gasteiger partial charge on any atom is -0.383 e. The summed E-state index contributed by atoms with van der Waals surface area (Å²) in [5, 5.41) is 13.9. The molecule has 8 rings (SSSR count). The molecule has 0 spiro atoms. The molecule has 1 aromatic heterocycles. The summed E-state index contributed by atoms with van der Waals surface area (Å²) in [6.45, 7) is 0. The van der Waals surface area contributed by atoms with Gasteiger partial charge in [0.2, 0.25) is 0 Å². The SMILES string of the molecule is C1=CNC(C2C=C(c3cccc(-c4ccccc4)c3)NC(c3ccc(-c4ccc5sc6ccccc6c5c4)cc3)N2)C=C1. The maximum Gasteiger partial charge on any atom is 0.104 e. The summed E-state index contributed by atoms with van der Waals surface area (Å²) in [7, 11) is 0. The van der Waals surface area contributed by atoms with Gasteiger partial charge in [0.15, 0.2) is 0 Å². The zero-order valence-corrected chi connectivity index (χ0v) is 24.4. The van der Waals surface area contributed by atoms with Crippen molar-refractivity contribution in [3.63, 3.8) is 0 Å². The Morgan fingerprint density at radius 3 is 2.12 bits per heavy atom. The molecule has 3 heterocycles. The van der Waals surface area contributed by atoms with Gasteiger partial charge in [-0.15, -0.1) is 11.3 Å². The van der Waals surface area contributed by atoms with Crippen LogP contribution in [-0.2, 0) is 0 Å². The predicted octanol–water partition coefficient (Wildman–Crippen LogP) is 9.03. The lowest BCUT2D eigenvalue weighted by molar-refractivity contribution is 0.398. The third kappa shape index (κ3) is 5.05. The summed E-state index contributed by atoms with van der Waals surface area (Å²) >= 11 is 1.86. The lowest BCUT2D eigenvalue weighted by Gasteiger charge is -2.36. The summed E-state index contributed by atoms with van der Waals surface area (Å²) in [4.78, 5) is 0. The molecular formula is C39H31N3S. The van der Waals surface area contributed by atoms with Crippen LogP contribution in [0.15, 0.2) is 152 Å². The first-order valence-corrected chi connectivity index (χ1v) is 15.6. The number of benzene rings is 5. The van der Waals surface area contributed by atoms with Crippen LogP contribution in [0, 0.1) is 0 Å². The van der Waals surface area contributed by atoms with Gasteiger partial charge in [-0.05, 0) is 76.0 Å². The average molecular weight is 574 g/mol. The first-order valence-electron chi connectivity index (χ1n) is 14.8. The molecule has 4 heteroatoms. The first-order chi connectivity index (χ1) is 21.3. The van der Waals surface area contributed by atoms with E-state index in [4.69, 9.17) is 0 Å². The second-order valence-corrected chi connectivity index (χ2v) is 12.2. The number of nitrogens with one attached hydrogen (secondary N) is 3. The molecule has 0 bridgehead atoms. The Bertz CT molecular complexity index is 2020. The van der Waals surface area contributed by atoms with Crippen LogP contribution in [0.5, 0.6) is 0 Å². The van der Waals surface area contributed by atoms with Gasteiger partial charge in [-0.2, -0.15) is 0 Å². The maximum absolute atomic E-state index is 3.85. The maximum atomic E-state index is 3.85. The number of dihydropyridines is 1. The minimum absolute atomic E-state index is 0.0381. The zero-order chi connectivity index (χ0) is 28.6.